The lowest BCUT2D eigenvalue weighted by Gasteiger charge is -2.36. The summed E-state index contributed by atoms with van der Waals surface area (Å²) in [6, 6.07) is 0.262. The van der Waals surface area contributed by atoms with Crippen molar-refractivity contribution in [3.8, 4) is 0 Å². The van der Waals surface area contributed by atoms with Crippen LogP contribution in [0.4, 0.5) is 20.5 Å². The molecule has 0 N–H and O–H groups in total. The molecule has 8 heteroatoms. The van der Waals surface area contributed by atoms with Crippen LogP contribution < -0.4 is 9.80 Å². The molecule has 3 heterocycles. The highest BCUT2D eigenvalue weighted by Gasteiger charge is 2.57. The van der Waals surface area contributed by atoms with Crippen LogP contribution in [-0.2, 0) is 21.9 Å². The minimum absolute atomic E-state index is 0.0572. The molecule has 1 unspecified atom stereocenters. The number of esters is 1. The number of aromatic nitrogens is 2. The topological polar surface area (TPSA) is 58.6 Å². The van der Waals surface area contributed by atoms with Gasteiger partial charge in [0.05, 0.1) is 7.11 Å². The molecule has 1 saturated carbocycles. The smallest absolute Gasteiger partial charge is 0.305 e. The maximum absolute atomic E-state index is 14.9. The second kappa shape index (κ2) is 7.31. The van der Waals surface area contributed by atoms with Crippen LogP contribution in [0.3, 0.4) is 0 Å². The zero-order chi connectivity index (χ0) is 21.0. The molecule has 4 atom stereocenters. The predicted octanol–water partition coefficient (Wildman–Crippen LogP) is 3.53. The van der Waals surface area contributed by atoms with Gasteiger partial charge in [-0.1, -0.05) is 0 Å². The molecule has 3 fully saturated rings. The highest BCUT2D eigenvalue weighted by Crippen LogP contribution is 2.55. The second-order valence-electron chi connectivity index (χ2n) is 9.45. The Hall–Kier alpha value is -1.99. The summed E-state index contributed by atoms with van der Waals surface area (Å²) in [5.41, 5.74) is 0.573. The number of anilines is 2. The van der Waals surface area contributed by atoms with E-state index in [0.717, 1.165) is 38.9 Å². The van der Waals surface area contributed by atoms with Gasteiger partial charge >= 0.3 is 5.97 Å². The summed E-state index contributed by atoms with van der Waals surface area (Å²) in [5, 5.41) is 0. The maximum atomic E-state index is 14.9. The molecule has 0 aromatic carbocycles. The molecule has 164 valence electrons. The zero-order valence-corrected chi connectivity index (χ0v) is 17.7. The lowest BCUT2D eigenvalue weighted by Crippen LogP contribution is -2.40. The third-order valence-electron chi connectivity index (χ3n) is 7.60. The number of methoxy groups -OCH3 is 1. The molecule has 30 heavy (non-hydrogen) atoms. The number of piperidine rings is 2. The summed E-state index contributed by atoms with van der Waals surface area (Å²) >= 11 is 0. The lowest BCUT2D eigenvalue weighted by atomic mass is 9.92. The van der Waals surface area contributed by atoms with Crippen LogP contribution in [0.1, 0.15) is 56.7 Å². The van der Waals surface area contributed by atoms with E-state index >= 15 is 0 Å². The first kappa shape index (κ1) is 19.9. The van der Waals surface area contributed by atoms with Crippen LogP contribution in [0.25, 0.3) is 0 Å². The van der Waals surface area contributed by atoms with Crippen molar-refractivity contribution >= 4 is 17.7 Å². The number of hydrogen-bond acceptors (Lipinski definition) is 6. The highest BCUT2D eigenvalue weighted by atomic mass is 19.3. The summed E-state index contributed by atoms with van der Waals surface area (Å²) in [6.45, 7) is 4.49. The normalized spacial score (nSPS) is 31.9. The largest absolute Gasteiger partial charge is 0.469 e. The minimum Gasteiger partial charge on any atom is -0.469 e. The van der Waals surface area contributed by atoms with Crippen molar-refractivity contribution in [1.82, 2.24) is 9.97 Å². The van der Waals surface area contributed by atoms with Gasteiger partial charge in [0, 0.05) is 44.1 Å². The Labute approximate surface area is 176 Å². The van der Waals surface area contributed by atoms with Crippen molar-refractivity contribution in [2.24, 2.45) is 17.8 Å². The molecular formula is C22H30F2N4O2. The first-order valence-corrected chi connectivity index (χ1v) is 11.3. The van der Waals surface area contributed by atoms with Crippen molar-refractivity contribution in [2.75, 3.05) is 36.5 Å². The van der Waals surface area contributed by atoms with Crippen molar-refractivity contribution in [2.45, 2.75) is 63.8 Å². The molecule has 0 spiro atoms. The van der Waals surface area contributed by atoms with Crippen LogP contribution in [-0.4, -0.2) is 48.7 Å². The number of carbonyl (C=O) groups is 1. The first-order valence-electron chi connectivity index (χ1n) is 11.3. The van der Waals surface area contributed by atoms with E-state index in [0.29, 0.717) is 54.3 Å². The summed E-state index contributed by atoms with van der Waals surface area (Å²) in [4.78, 5) is 25.2. The van der Waals surface area contributed by atoms with Crippen LogP contribution in [0, 0.1) is 17.8 Å². The summed E-state index contributed by atoms with van der Waals surface area (Å²) in [7, 11) is 1.42. The van der Waals surface area contributed by atoms with Crippen LogP contribution >= 0.6 is 0 Å². The van der Waals surface area contributed by atoms with Gasteiger partial charge in [0.2, 0.25) is 5.95 Å². The van der Waals surface area contributed by atoms with E-state index in [1.54, 1.807) is 0 Å². The number of alkyl halides is 2. The molecular weight excluding hydrogens is 390 g/mol. The van der Waals surface area contributed by atoms with E-state index in [1.807, 2.05) is 0 Å². The Bertz CT molecular complexity index is 837. The number of fused-ring (bicyclic) bond motifs is 2. The Kier molecular flexibility index (Phi) is 4.86. The average Bonchev–Trinajstić information content (AvgIpc) is 3.16. The number of nitrogens with zero attached hydrogens (tertiary/aromatic N) is 4. The molecule has 0 bridgehead atoms. The van der Waals surface area contributed by atoms with Gasteiger partial charge in [-0.05, 0) is 56.8 Å². The minimum atomic E-state index is -2.89. The highest BCUT2D eigenvalue weighted by molar-refractivity contribution is 5.70. The number of rotatable bonds is 4. The third-order valence-corrected chi connectivity index (χ3v) is 7.60. The molecule has 2 aliphatic carbocycles. The van der Waals surface area contributed by atoms with E-state index in [-0.39, 0.29) is 24.1 Å². The Morgan fingerprint density at radius 3 is 2.67 bits per heavy atom. The van der Waals surface area contributed by atoms with Gasteiger partial charge in [-0.25, -0.2) is 4.98 Å². The number of carbonyl (C=O) groups excluding carboxylic acids is 1. The maximum Gasteiger partial charge on any atom is 0.305 e. The van der Waals surface area contributed by atoms with E-state index in [2.05, 4.69) is 21.7 Å². The number of hydrogen-bond donors (Lipinski definition) is 0. The Morgan fingerprint density at radius 2 is 1.97 bits per heavy atom. The zero-order valence-electron chi connectivity index (χ0n) is 17.7. The van der Waals surface area contributed by atoms with Crippen LogP contribution in [0.5, 0.6) is 0 Å². The molecule has 1 aromatic rings. The van der Waals surface area contributed by atoms with Crippen LogP contribution in [0.2, 0.25) is 0 Å². The Balaban J connectivity index is 1.45. The van der Waals surface area contributed by atoms with Crippen molar-refractivity contribution < 1.29 is 18.3 Å². The van der Waals surface area contributed by atoms with Gasteiger partial charge < -0.3 is 14.5 Å². The average molecular weight is 421 g/mol. The van der Waals surface area contributed by atoms with Crippen LogP contribution in [0.15, 0.2) is 0 Å². The fourth-order valence-electron chi connectivity index (χ4n) is 5.79. The summed E-state index contributed by atoms with van der Waals surface area (Å²) in [6.07, 6.45) is 4.61. The Morgan fingerprint density at radius 1 is 1.20 bits per heavy atom. The fourth-order valence-corrected chi connectivity index (χ4v) is 5.79. The lowest BCUT2D eigenvalue weighted by molar-refractivity contribution is -0.141. The summed E-state index contributed by atoms with van der Waals surface area (Å²) < 4.78 is 34.5. The summed E-state index contributed by atoms with van der Waals surface area (Å²) in [5.74, 6) is -0.682. The molecule has 4 aliphatic rings. The number of ether oxygens (including phenoxy) is 1. The van der Waals surface area contributed by atoms with Gasteiger partial charge in [0.15, 0.2) is 0 Å². The van der Waals surface area contributed by atoms with Gasteiger partial charge in [0.25, 0.3) is 5.92 Å². The SMILES string of the molecule is COC(=O)CC1[C@H]2CN(c3nc(N4CCCC[C@@H]4C)nc4c3CCCC4(F)F)C[C@@H]12. The monoisotopic (exact) mass is 420 g/mol. The van der Waals surface area contributed by atoms with Crippen molar-refractivity contribution in [3.05, 3.63) is 11.3 Å². The van der Waals surface area contributed by atoms with E-state index < -0.39 is 5.92 Å². The van der Waals surface area contributed by atoms with E-state index in [1.165, 1.54) is 7.11 Å². The molecule has 0 amide bonds. The molecule has 0 radical (unpaired) electrons. The molecule has 6 nitrogen and oxygen atoms in total. The molecule has 2 aliphatic heterocycles. The molecule has 1 aromatic heterocycles. The number of halogens is 2. The molecule has 2 saturated heterocycles. The second-order valence-corrected chi connectivity index (χ2v) is 9.45. The van der Waals surface area contributed by atoms with Gasteiger partial charge in [-0.15, -0.1) is 0 Å². The van der Waals surface area contributed by atoms with Gasteiger partial charge in [-0.2, -0.15) is 13.8 Å². The quantitative estimate of drug-likeness (QED) is 0.695. The predicted molar refractivity (Wildman–Crippen MR) is 109 cm³/mol. The van der Waals surface area contributed by atoms with Gasteiger partial charge in [0.1, 0.15) is 11.5 Å². The molecule has 5 rings (SSSR count). The standard InChI is InChI=1S/C22H30F2N4O2/c1-13-6-3-4-9-28(13)21-25-19-14(7-5-8-22(19,23)24)20(26-21)27-11-16-15(17(16)12-27)10-18(29)30-2/h13,15-17H,3-12H2,1-2H3/t13-,15?,16-,17+/m0/s1. The van der Waals surface area contributed by atoms with E-state index in [9.17, 15) is 13.6 Å². The fraction of sp³-hybridized carbons (Fsp3) is 0.773. The first-order chi connectivity index (χ1) is 14.4. The van der Waals surface area contributed by atoms with Gasteiger partial charge in [-0.3, -0.25) is 4.79 Å². The third kappa shape index (κ3) is 3.32. The van der Waals surface area contributed by atoms with Crippen molar-refractivity contribution in [3.63, 3.8) is 0 Å². The van der Waals surface area contributed by atoms with Crippen molar-refractivity contribution in [1.29, 1.82) is 0 Å². The van der Waals surface area contributed by atoms with E-state index in [4.69, 9.17) is 9.72 Å².